The van der Waals surface area contributed by atoms with Crippen LogP contribution in [-0.4, -0.2) is 24.5 Å². The van der Waals surface area contributed by atoms with E-state index in [1.807, 2.05) is 30.3 Å². The molecule has 0 aliphatic carbocycles. The van der Waals surface area contributed by atoms with E-state index in [1.54, 1.807) is 12.1 Å². The molecule has 5 heteroatoms. The predicted molar refractivity (Wildman–Crippen MR) is 86.0 cm³/mol. The first-order chi connectivity index (χ1) is 11.7. The van der Waals surface area contributed by atoms with Crippen LogP contribution in [0.5, 0.6) is 17.2 Å². The number of benzene rings is 2. The van der Waals surface area contributed by atoms with Gasteiger partial charge >= 0.3 is 5.97 Å². The monoisotopic (exact) mass is 326 g/mol. The second kappa shape index (κ2) is 6.07. The van der Waals surface area contributed by atoms with Gasteiger partial charge in [0.25, 0.3) is 0 Å². The molecule has 124 valence electrons. The van der Waals surface area contributed by atoms with Crippen LogP contribution in [0.2, 0.25) is 0 Å². The molecule has 2 aliphatic rings. The van der Waals surface area contributed by atoms with Crippen molar-refractivity contribution in [3.8, 4) is 17.2 Å². The van der Waals surface area contributed by atoms with Gasteiger partial charge in [-0.3, -0.25) is 4.79 Å². The number of esters is 1. The van der Waals surface area contributed by atoms with E-state index in [0.717, 1.165) is 29.0 Å². The normalized spacial score (nSPS) is 21.8. The summed E-state index contributed by atoms with van der Waals surface area (Å²) in [5.74, 6) is 1.54. The zero-order chi connectivity index (χ0) is 16.5. The highest BCUT2D eigenvalue weighted by Gasteiger charge is 2.37. The third-order valence-corrected chi connectivity index (χ3v) is 4.64. The van der Waals surface area contributed by atoms with Gasteiger partial charge in [0.05, 0.1) is 12.5 Å². The molecular weight excluding hydrogens is 308 g/mol. The molecule has 2 atom stereocenters. The van der Waals surface area contributed by atoms with Crippen molar-refractivity contribution in [2.45, 2.75) is 12.8 Å². The number of cyclic esters (lactones) is 1. The van der Waals surface area contributed by atoms with E-state index < -0.39 is 0 Å². The number of aromatic hydroxyl groups is 1. The van der Waals surface area contributed by atoms with Crippen molar-refractivity contribution < 1.29 is 24.1 Å². The van der Waals surface area contributed by atoms with Crippen LogP contribution in [0.1, 0.15) is 11.1 Å². The largest absolute Gasteiger partial charge is 0.508 e. The number of hydrogen-bond donors (Lipinski definition) is 1. The Bertz CT molecular complexity index is 753. The number of phenolic OH excluding ortho intramolecular Hbond substituents is 1. The molecule has 0 bridgehead atoms. The molecule has 2 aliphatic heterocycles. The fourth-order valence-electron chi connectivity index (χ4n) is 3.31. The number of phenols is 1. The third-order valence-electron chi connectivity index (χ3n) is 4.64. The summed E-state index contributed by atoms with van der Waals surface area (Å²) in [6.07, 6.45) is 1.37. The second-order valence-corrected chi connectivity index (χ2v) is 6.26. The first-order valence-corrected chi connectivity index (χ1v) is 8.02. The number of ether oxygens (including phenoxy) is 3. The van der Waals surface area contributed by atoms with Gasteiger partial charge in [-0.05, 0) is 48.2 Å². The molecule has 2 aromatic rings. The molecule has 0 amide bonds. The lowest BCUT2D eigenvalue weighted by molar-refractivity contribution is -0.141. The quantitative estimate of drug-likeness (QED) is 0.875. The van der Waals surface area contributed by atoms with Crippen LogP contribution in [0.4, 0.5) is 0 Å². The van der Waals surface area contributed by atoms with Crippen molar-refractivity contribution in [1.29, 1.82) is 0 Å². The second-order valence-electron chi connectivity index (χ2n) is 6.26. The van der Waals surface area contributed by atoms with Crippen LogP contribution in [0, 0.1) is 11.8 Å². The lowest BCUT2D eigenvalue weighted by Gasteiger charge is -2.15. The van der Waals surface area contributed by atoms with Crippen molar-refractivity contribution in [1.82, 2.24) is 0 Å². The first kappa shape index (κ1) is 14.9. The van der Waals surface area contributed by atoms with Gasteiger partial charge in [0, 0.05) is 5.92 Å². The van der Waals surface area contributed by atoms with Gasteiger partial charge in [0.1, 0.15) is 5.75 Å². The molecule has 1 saturated heterocycles. The van der Waals surface area contributed by atoms with E-state index in [2.05, 4.69) is 0 Å². The summed E-state index contributed by atoms with van der Waals surface area (Å²) < 4.78 is 16.0. The summed E-state index contributed by atoms with van der Waals surface area (Å²) in [4.78, 5) is 12.1. The average molecular weight is 326 g/mol. The molecule has 1 N–H and O–H groups in total. The smallest absolute Gasteiger partial charge is 0.309 e. The minimum atomic E-state index is -0.167. The molecule has 4 rings (SSSR count). The molecular formula is C19H18O5. The van der Waals surface area contributed by atoms with Crippen molar-refractivity contribution in [2.75, 3.05) is 13.4 Å². The molecule has 2 aromatic carbocycles. The van der Waals surface area contributed by atoms with E-state index in [9.17, 15) is 9.90 Å². The van der Waals surface area contributed by atoms with Crippen molar-refractivity contribution in [3.05, 3.63) is 53.6 Å². The molecule has 1 fully saturated rings. The SMILES string of the molecule is O=C1OCC(Cc2ccc(O)cc2)C1Cc1ccc2c(c1)OCO2. The molecule has 0 aromatic heterocycles. The highest BCUT2D eigenvalue weighted by molar-refractivity contribution is 5.75. The molecule has 0 spiro atoms. The van der Waals surface area contributed by atoms with Crippen LogP contribution in [0.25, 0.3) is 0 Å². The standard InChI is InChI=1S/C19H18O5/c20-15-4-1-12(2-5-15)7-14-10-22-19(21)16(14)8-13-3-6-17-18(9-13)24-11-23-17/h1-6,9,14,16,20H,7-8,10-11H2. The minimum absolute atomic E-state index is 0.132. The van der Waals surface area contributed by atoms with E-state index in [0.29, 0.717) is 13.0 Å². The topological polar surface area (TPSA) is 65.0 Å². The van der Waals surface area contributed by atoms with E-state index >= 15 is 0 Å². The van der Waals surface area contributed by atoms with E-state index in [4.69, 9.17) is 14.2 Å². The van der Waals surface area contributed by atoms with Gasteiger partial charge in [-0.25, -0.2) is 0 Å². The van der Waals surface area contributed by atoms with Gasteiger partial charge in [0.15, 0.2) is 11.5 Å². The molecule has 2 unspecified atom stereocenters. The van der Waals surface area contributed by atoms with Crippen LogP contribution >= 0.6 is 0 Å². The maximum Gasteiger partial charge on any atom is 0.309 e. The summed E-state index contributed by atoms with van der Waals surface area (Å²) in [5, 5.41) is 9.38. The zero-order valence-corrected chi connectivity index (χ0v) is 13.1. The summed E-state index contributed by atoms with van der Waals surface area (Å²) >= 11 is 0. The summed E-state index contributed by atoms with van der Waals surface area (Å²) in [5.41, 5.74) is 2.13. The van der Waals surface area contributed by atoms with Crippen molar-refractivity contribution >= 4 is 5.97 Å². The Labute approximate surface area is 139 Å². The third kappa shape index (κ3) is 2.89. The van der Waals surface area contributed by atoms with E-state index in [1.165, 1.54) is 0 Å². The fourth-order valence-corrected chi connectivity index (χ4v) is 3.31. The molecule has 24 heavy (non-hydrogen) atoms. The van der Waals surface area contributed by atoms with Crippen LogP contribution in [0.3, 0.4) is 0 Å². The fraction of sp³-hybridized carbons (Fsp3) is 0.316. The first-order valence-electron chi connectivity index (χ1n) is 8.02. The van der Waals surface area contributed by atoms with Crippen LogP contribution < -0.4 is 9.47 Å². The summed E-state index contributed by atoms with van der Waals surface area (Å²) in [7, 11) is 0. The Hall–Kier alpha value is -2.69. The summed E-state index contributed by atoms with van der Waals surface area (Å²) in [6.45, 7) is 0.683. The van der Waals surface area contributed by atoms with Gasteiger partial charge < -0.3 is 19.3 Å². The van der Waals surface area contributed by atoms with Crippen LogP contribution in [-0.2, 0) is 22.4 Å². The molecule has 0 saturated carbocycles. The van der Waals surface area contributed by atoms with Crippen LogP contribution in [0.15, 0.2) is 42.5 Å². The lowest BCUT2D eigenvalue weighted by Crippen LogP contribution is -2.20. The number of hydrogen-bond acceptors (Lipinski definition) is 5. The number of carbonyl (C=O) groups is 1. The Morgan fingerprint density at radius 2 is 1.67 bits per heavy atom. The maximum absolute atomic E-state index is 12.1. The molecule has 0 radical (unpaired) electrons. The number of rotatable bonds is 4. The number of carbonyl (C=O) groups excluding carboxylic acids is 1. The predicted octanol–water partition coefficient (Wildman–Crippen LogP) is 2.70. The Morgan fingerprint density at radius 1 is 0.917 bits per heavy atom. The Morgan fingerprint density at radius 3 is 2.50 bits per heavy atom. The zero-order valence-electron chi connectivity index (χ0n) is 13.1. The molecule has 2 heterocycles. The van der Waals surface area contributed by atoms with Gasteiger partial charge in [-0.15, -0.1) is 0 Å². The summed E-state index contributed by atoms with van der Waals surface area (Å²) in [6, 6.07) is 12.9. The van der Waals surface area contributed by atoms with Crippen molar-refractivity contribution in [2.24, 2.45) is 11.8 Å². The average Bonchev–Trinajstić information content (AvgIpc) is 3.18. The molecule has 5 nitrogen and oxygen atoms in total. The van der Waals surface area contributed by atoms with Gasteiger partial charge in [-0.2, -0.15) is 0 Å². The maximum atomic E-state index is 12.1. The van der Waals surface area contributed by atoms with Gasteiger partial charge in [-0.1, -0.05) is 18.2 Å². The lowest BCUT2D eigenvalue weighted by atomic mass is 9.85. The highest BCUT2D eigenvalue weighted by Crippen LogP contribution is 2.35. The van der Waals surface area contributed by atoms with Gasteiger partial charge in [0.2, 0.25) is 6.79 Å². The highest BCUT2D eigenvalue weighted by atomic mass is 16.7. The number of fused-ring (bicyclic) bond motifs is 1. The van der Waals surface area contributed by atoms with E-state index in [-0.39, 0.29) is 30.3 Å². The Kier molecular flexibility index (Phi) is 3.76. The minimum Gasteiger partial charge on any atom is -0.508 e. The van der Waals surface area contributed by atoms with Crippen molar-refractivity contribution in [3.63, 3.8) is 0 Å². The Balaban J connectivity index is 1.49.